The summed E-state index contributed by atoms with van der Waals surface area (Å²) in [5.74, 6) is -0.337. The van der Waals surface area contributed by atoms with Crippen molar-refractivity contribution in [2.24, 2.45) is 0 Å². The number of nitrogens with zero attached hydrogens (tertiary/aromatic N) is 2. The van der Waals surface area contributed by atoms with Gasteiger partial charge in [0, 0.05) is 22.7 Å². The fourth-order valence-corrected chi connectivity index (χ4v) is 2.60. The molecule has 0 unspecified atom stereocenters. The van der Waals surface area contributed by atoms with Crippen LogP contribution >= 0.6 is 0 Å². The zero-order valence-corrected chi connectivity index (χ0v) is 12.9. The van der Waals surface area contributed by atoms with Crippen LogP contribution in [0.25, 0.3) is 10.9 Å². The molecule has 4 rings (SSSR count). The van der Waals surface area contributed by atoms with Gasteiger partial charge in [-0.05, 0) is 37.1 Å². The summed E-state index contributed by atoms with van der Waals surface area (Å²) in [5.41, 5.74) is 2.76. The van der Waals surface area contributed by atoms with Crippen LogP contribution < -0.4 is 5.32 Å². The average Bonchev–Trinajstić information content (AvgIpc) is 3.17. The van der Waals surface area contributed by atoms with Gasteiger partial charge in [0.25, 0.3) is 5.91 Å². The summed E-state index contributed by atoms with van der Waals surface area (Å²) in [4.78, 5) is 24.0. The number of carbonyl (C=O) groups is 2. The first kappa shape index (κ1) is 14.4. The van der Waals surface area contributed by atoms with Gasteiger partial charge in [-0.15, -0.1) is 0 Å². The first-order valence-electron chi connectivity index (χ1n) is 7.59. The molecule has 8 heteroatoms. The lowest BCUT2D eigenvalue weighted by atomic mass is 10.2. The molecule has 0 spiro atoms. The molecular weight excluding hydrogens is 310 g/mol. The number of rotatable bonds is 4. The predicted octanol–water partition coefficient (Wildman–Crippen LogP) is 2.20. The molecule has 2 aromatic heterocycles. The number of amides is 1. The van der Waals surface area contributed by atoms with Gasteiger partial charge in [0.1, 0.15) is 0 Å². The van der Waals surface area contributed by atoms with Crippen molar-refractivity contribution in [2.45, 2.75) is 18.8 Å². The molecule has 0 aliphatic heterocycles. The molecule has 0 bridgehead atoms. The Balaban J connectivity index is 1.58. The molecule has 1 aromatic carbocycles. The topological polar surface area (TPSA) is 113 Å². The molecule has 1 fully saturated rings. The van der Waals surface area contributed by atoms with Crippen LogP contribution in [0.4, 0.5) is 5.69 Å². The molecule has 2 heterocycles. The lowest BCUT2D eigenvalue weighted by molar-refractivity contribution is 0.0596. The van der Waals surface area contributed by atoms with E-state index in [0.717, 1.165) is 18.5 Å². The summed E-state index contributed by atoms with van der Waals surface area (Å²) in [5, 5.41) is 17.0. The van der Waals surface area contributed by atoms with Gasteiger partial charge in [-0.3, -0.25) is 15.0 Å². The Labute approximate surface area is 136 Å². The molecular formula is C16H15N5O3. The van der Waals surface area contributed by atoms with Gasteiger partial charge >= 0.3 is 5.97 Å². The van der Waals surface area contributed by atoms with Gasteiger partial charge in [0.2, 0.25) is 0 Å². The third-order valence-electron chi connectivity index (χ3n) is 4.05. The van der Waals surface area contributed by atoms with Crippen LogP contribution in [0.2, 0.25) is 0 Å². The maximum Gasteiger partial charge on any atom is 0.359 e. The van der Waals surface area contributed by atoms with Crippen molar-refractivity contribution in [2.75, 3.05) is 12.4 Å². The minimum absolute atomic E-state index is 0.180. The number of nitrogens with one attached hydrogen (secondary N) is 3. The molecule has 0 atom stereocenters. The fraction of sp³-hybridized carbons (Fsp3) is 0.250. The van der Waals surface area contributed by atoms with Gasteiger partial charge in [0.05, 0.1) is 12.6 Å². The number of methoxy groups -OCH3 is 1. The maximum atomic E-state index is 12.3. The Bertz CT molecular complexity index is 938. The van der Waals surface area contributed by atoms with E-state index in [1.807, 2.05) is 0 Å². The Morgan fingerprint density at radius 1 is 1.21 bits per heavy atom. The molecule has 122 valence electrons. The normalized spacial score (nSPS) is 13.9. The standard InChI is InChI=1S/C16H15N5O3/c1-24-16(23)14-10-6-9(4-5-11(10)18-21-14)17-15(22)13-7-12(19-20-13)8-2-3-8/h4-8H,2-3H2,1H3,(H,17,22)(H,18,21)(H,19,20). The lowest BCUT2D eigenvalue weighted by Gasteiger charge is -2.03. The SMILES string of the molecule is COC(=O)c1n[nH]c2ccc(NC(=O)c3cc(C4CC4)[nH]n3)cc12. The quantitative estimate of drug-likeness (QED) is 0.637. The minimum Gasteiger partial charge on any atom is -0.464 e. The second-order valence-electron chi connectivity index (χ2n) is 5.76. The second-order valence-corrected chi connectivity index (χ2v) is 5.76. The van der Waals surface area contributed by atoms with Crippen LogP contribution in [0.3, 0.4) is 0 Å². The first-order valence-corrected chi connectivity index (χ1v) is 7.59. The number of benzene rings is 1. The van der Waals surface area contributed by atoms with E-state index >= 15 is 0 Å². The number of fused-ring (bicyclic) bond motifs is 1. The average molecular weight is 325 g/mol. The van der Waals surface area contributed by atoms with Crippen molar-refractivity contribution < 1.29 is 14.3 Å². The number of anilines is 1. The summed E-state index contributed by atoms with van der Waals surface area (Å²) >= 11 is 0. The van der Waals surface area contributed by atoms with Crippen LogP contribution in [0.5, 0.6) is 0 Å². The first-order chi connectivity index (χ1) is 11.7. The van der Waals surface area contributed by atoms with Crippen molar-refractivity contribution in [1.29, 1.82) is 0 Å². The van der Waals surface area contributed by atoms with Gasteiger partial charge in [0.15, 0.2) is 11.4 Å². The van der Waals surface area contributed by atoms with E-state index in [2.05, 4.69) is 25.7 Å². The number of hydrogen-bond acceptors (Lipinski definition) is 5. The number of hydrogen-bond donors (Lipinski definition) is 3. The van der Waals surface area contributed by atoms with E-state index in [0.29, 0.717) is 28.2 Å². The second kappa shape index (κ2) is 5.48. The molecule has 1 aliphatic carbocycles. The molecule has 1 amide bonds. The number of carbonyl (C=O) groups excluding carboxylic acids is 2. The highest BCUT2D eigenvalue weighted by Gasteiger charge is 2.26. The van der Waals surface area contributed by atoms with E-state index in [9.17, 15) is 9.59 Å². The number of H-pyrrole nitrogens is 2. The highest BCUT2D eigenvalue weighted by atomic mass is 16.5. The molecule has 3 aromatic rings. The lowest BCUT2D eigenvalue weighted by Crippen LogP contribution is -2.12. The monoisotopic (exact) mass is 325 g/mol. The van der Waals surface area contributed by atoms with Gasteiger partial charge < -0.3 is 10.1 Å². The van der Waals surface area contributed by atoms with E-state index < -0.39 is 5.97 Å². The van der Waals surface area contributed by atoms with Crippen molar-refractivity contribution in [1.82, 2.24) is 20.4 Å². The molecule has 1 aliphatic rings. The van der Waals surface area contributed by atoms with Gasteiger partial charge in [-0.1, -0.05) is 0 Å². The number of ether oxygens (including phenoxy) is 1. The Morgan fingerprint density at radius 2 is 2.04 bits per heavy atom. The smallest absolute Gasteiger partial charge is 0.359 e. The van der Waals surface area contributed by atoms with E-state index in [1.165, 1.54) is 7.11 Å². The molecule has 3 N–H and O–H groups in total. The fourth-order valence-electron chi connectivity index (χ4n) is 2.60. The van der Waals surface area contributed by atoms with Crippen LogP contribution in [-0.4, -0.2) is 39.4 Å². The third kappa shape index (κ3) is 2.51. The molecule has 8 nitrogen and oxygen atoms in total. The van der Waals surface area contributed by atoms with E-state index in [1.54, 1.807) is 24.3 Å². The predicted molar refractivity (Wildman–Crippen MR) is 85.9 cm³/mol. The Kier molecular flexibility index (Phi) is 3.30. The van der Waals surface area contributed by atoms with Crippen LogP contribution in [0.1, 0.15) is 45.4 Å². The Hall–Kier alpha value is -3.16. The highest BCUT2D eigenvalue weighted by molar-refractivity contribution is 6.06. The van der Waals surface area contributed by atoms with Crippen molar-refractivity contribution in [3.63, 3.8) is 0 Å². The van der Waals surface area contributed by atoms with Crippen molar-refractivity contribution in [3.8, 4) is 0 Å². The summed E-state index contributed by atoms with van der Waals surface area (Å²) in [7, 11) is 1.30. The zero-order valence-electron chi connectivity index (χ0n) is 12.9. The summed E-state index contributed by atoms with van der Waals surface area (Å²) in [6.45, 7) is 0. The van der Waals surface area contributed by atoms with Gasteiger partial charge in [-0.25, -0.2) is 4.79 Å². The number of aromatic nitrogens is 4. The highest BCUT2D eigenvalue weighted by Crippen LogP contribution is 2.39. The Morgan fingerprint density at radius 3 is 2.79 bits per heavy atom. The van der Waals surface area contributed by atoms with Crippen LogP contribution in [0.15, 0.2) is 24.3 Å². The van der Waals surface area contributed by atoms with Crippen LogP contribution in [0, 0.1) is 0 Å². The van der Waals surface area contributed by atoms with E-state index in [4.69, 9.17) is 4.74 Å². The van der Waals surface area contributed by atoms with Crippen LogP contribution in [-0.2, 0) is 4.74 Å². The van der Waals surface area contributed by atoms with Gasteiger partial charge in [-0.2, -0.15) is 10.2 Å². The minimum atomic E-state index is -0.536. The number of aromatic amines is 2. The number of esters is 1. The zero-order chi connectivity index (χ0) is 16.7. The molecule has 0 saturated heterocycles. The molecule has 0 radical (unpaired) electrons. The largest absolute Gasteiger partial charge is 0.464 e. The maximum absolute atomic E-state index is 12.3. The van der Waals surface area contributed by atoms with Crippen molar-refractivity contribution in [3.05, 3.63) is 41.3 Å². The van der Waals surface area contributed by atoms with Crippen molar-refractivity contribution >= 4 is 28.5 Å². The molecule has 24 heavy (non-hydrogen) atoms. The summed E-state index contributed by atoms with van der Waals surface area (Å²) < 4.78 is 4.70. The molecule has 1 saturated carbocycles. The van der Waals surface area contributed by atoms with E-state index in [-0.39, 0.29) is 11.6 Å². The summed E-state index contributed by atoms with van der Waals surface area (Å²) in [6.07, 6.45) is 2.27. The third-order valence-corrected chi connectivity index (χ3v) is 4.05. The summed E-state index contributed by atoms with van der Waals surface area (Å²) in [6, 6.07) is 6.93.